The van der Waals surface area contributed by atoms with E-state index >= 15 is 0 Å². The molecule has 4 heteroatoms. The van der Waals surface area contributed by atoms with Crippen LogP contribution in [0.15, 0.2) is 0 Å². The number of carbonyl (C=O) groups excluding carboxylic acids is 1. The van der Waals surface area contributed by atoms with E-state index in [0.717, 1.165) is 38.5 Å². The van der Waals surface area contributed by atoms with E-state index in [4.69, 9.17) is 10.8 Å². The lowest BCUT2D eigenvalue weighted by atomic mass is 9.85. The average molecular weight is 228 g/mol. The Morgan fingerprint density at radius 1 is 1.56 bits per heavy atom. The SMILES string of the molecule is CC(CCCO)NC(=O)C1CCCC(N)C1. The van der Waals surface area contributed by atoms with E-state index in [9.17, 15) is 4.79 Å². The average Bonchev–Trinajstić information content (AvgIpc) is 2.26. The molecule has 1 aliphatic rings. The van der Waals surface area contributed by atoms with Crippen LogP contribution in [0, 0.1) is 5.92 Å². The van der Waals surface area contributed by atoms with Crippen LogP contribution in [0.25, 0.3) is 0 Å². The lowest BCUT2D eigenvalue weighted by Crippen LogP contribution is -2.41. The summed E-state index contributed by atoms with van der Waals surface area (Å²) in [7, 11) is 0. The largest absolute Gasteiger partial charge is 0.396 e. The number of aliphatic hydroxyl groups excluding tert-OH is 1. The quantitative estimate of drug-likeness (QED) is 0.651. The first-order chi connectivity index (χ1) is 7.63. The molecule has 1 saturated carbocycles. The van der Waals surface area contributed by atoms with Gasteiger partial charge in [-0.05, 0) is 39.0 Å². The lowest BCUT2D eigenvalue weighted by Gasteiger charge is -2.27. The summed E-state index contributed by atoms with van der Waals surface area (Å²) in [6.07, 6.45) is 5.46. The third-order valence-corrected chi connectivity index (χ3v) is 3.27. The summed E-state index contributed by atoms with van der Waals surface area (Å²) in [5.74, 6) is 0.237. The Morgan fingerprint density at radius 2 is 2.31 bits per heavy atom. The van der Waals surface area contributed by atoms with Gasteiger partial charge < -0.3 is 16.2 Å². The summed E-state index contributed by atoms with van der Waals surface area (Å²) in [6.45, 7) is 2.17. The van der Waals surface area contributed by atoms with Crippen LogP contribution in [0.5, 0.6) is 0 Å². The number of carbonyl (C=O) groups is 1. The molecule has 0 bridgehead atoms. The van der Waals surface area contributed by atoms with Gasteiger partial charge in [-0.3, -0.25) is 4.79 Å². The van der Waals surface area contributed by atoms with E-state index in [-0.39, 0.29) is 30.5 Å². The maximum absolute atomic E-state index is 11.9. The van der Waals surface area contributed by atoms with E-state index in [1.807, 2.05) is 6.92 Å². The second-order valence-electron chi connectivity index (χ2n) is 4.90. The number of hydrogen-bond acceptors (Lipinski definition) is 3. The molecular formula is C12H24N2O2. The standard InChI is InChI=1S/C12H24N2O2/c1-9(4-3-7-15)14-12(16)10-5-2-6-11(13)8-10/h9-11,15H,2-8,13H2,1H3,(H,14,16). The van der Waals surface area contributed by atoms with Gasteiger partial charge in [-0.1, -0.05) is 6.42 Å². The molecule has 0 spiro atoms. The summed E-state index contributed by atoms with van der Waals surface area (Å²) in [6, 6.07) is 0.343. The van der Waals surface area contributed by atoms with Crippen molar-refractivity contribution in [3.63, 3.8) is 0 Å². The minimum Gasteiger partial charge on any atom is -0.396 e. The smallest absolute Gasteiger partial charge is 0.223 e. The van der Waals surface area contributed by atoms with Gasteiger partial charge in [0.15, 0.2) is 0 Å². The fourth-order valence-electron chi connectivity index (χ4n) is 2.30. The van der Waals surface area contributed by atoms with Gasteiger partial charge in [-0.15, -0.1) is 0 Å². The van der Waals surface area contributed by atoms with Crippen molar-refractivity contribution in [3.8, 4) is 0 Å². The second kappa shape index (κ2) is 6.86. The summed E-state index contributed by atoms with van der Waals surface area (Å²) in [4.78, 5) is 11.9. The Morgan fingerprint density at radius 3 is 2.94 bits per heavy atom. The van der Waals surface area contributed by atoms with Gasteiger partial charge in [0.05, 0.1) is 0 Å². The summed E-state index contributed by atoms with van der Waals surface area (Å²) < 4.78 is 0. The van der Waals surface area contributed by atoms with Crippen molar-refractivity contribution >= 4 is 5.91 Å². The minimum atomic E-state index is 0.0975. The van der Waals surface area contributed by atoms with Crippen LogP contribution < -0.4 is 11.1 Å². The highest BCUT2D eigenvalue weighted by molar-refractivity contribution is 5.79. The molecular weight excluding hydrogens is 204 g/mol. The van der Waals surface area contributed by atoms with E-state index in [0.29, 0.717) is 0 Å². The molecule has 0 saturated heterocycles. The molecule has 1 rings (SSSR count). The van der Waals surface area contributed by atoms with Crippen molar-refractivity contribution in [3.05, 3.63) is 0 Å². The van der Waals surface area contributed by atoms with Crippen molar-refractivity contribution in [1.29, 1.82) is 0 Å². The van der Waals surface area contributed by atoms with E-state index in [1.54, 1.807) is 0 Å². The normalized spacial score (nSPS) is 27.4. The molecule has 1 aliphatic carbocycles. The first-order valence-electron chi connectivity index (χ1n) is 6.30. The highest BCUT2D eigenvalue weighted by Crippen LogP contribution is 2.23. The van der Waals surface area contributed by atoms with Gasteiger partial charge in [0.2, 0.25) is 5.91 Å². The van der Waals surface area contributed by atoms with Gasteiger partial charge in [-0.25, -0.2) is 0 Å². The summed E-state index contributed by atoms with van der Waals surface area (Å²) in [5.41, 5.74) is 5.86. The Balaban J connectivity index is 2.27. The molecule has 1 amide bonds. The maximum atomic E-state index is 11.9. The molecule has 0 aromatic carbocycles. The van der Waals surface area contributed by atoms with Gasteiger partial charge in [-0.2, -0.15) is 0 Å². The molecule has 4 nitrogen and oxygen atoms in total. The Labute approximate surface area is 97.6 Å². The molecule has 3 unspecified atom stereocenters. The predicted molar refractivity (Wildman–Crippen MR) is 63.9 cm³/mol. The van der Waals surface area contributed by atoms with Crippen molar-refractivity contribution in [2.75, 3.05) is 6.61 Å². The molecule has 0 aromatic rings. The van der Waals surface area contributed by atoms with Crippen molar-refractivity contribution in [2.45, 2.75) is 57.5 Å². The molecule has 1 fully saturated rings. The van der Waals surface area contributed by atoms with Crippen LogP contribution >= 0.6 is 0 Å². The predicted octanol–water partition coefficient (Wildman–Crippen LogP) is 0.781. The second-order valence-corrected chi connectivity index (χ2v) is 4.90. The van der Waals surface area contributed by atoms with Gasteiger partial charge in [0, 0.05) is 24.6 Å². The fraction of sp³-hybridized carbons (Fsp3) is 0.917. The number of nitrogens with two attached hydrogens (primary N) is 1. The third-order valence-electron chi connectivity index (χ3n) is 3.27. The molecule has 0 radical (unpaired) electrons. The van der Waals surface area contributed by atoms with Crippen LogP contribution in [0.2, 0.25) is 0 Å². The Bertz CT molecular complexity index is 221. The van der Waals surface area contributed by atoms with Crippen molar-refractivity contribution < 1.29 is 9.90 Å². The minimum absolute atomic E-state index is 0.0975. The van der Waals surface area contributed by atoms with Crippen LogP contribution in [0.1, 0.15) is 45.4 Å². The molecule has 16 heavy (non-hydrogen) atoms. The molecule has 0 aromatic heterocycles. The van der Waals surface area contributed by atoms with Crippen molar-refractivity contribution in [1.82, 2.24) is 5.32 Å². The van der Waals surface area contributed by atoms with Gasteiger partial charge in [0.25, 0.3) is 0 Å². The van der Waals surface area contributed by atoms with Gasteiger partial charge >= 0.3 is 0 Å². The first-order valence-corrected chi connectivity index (χ1v) is 6.30. The van der Waals surface area contributed by atoms with Gasteiger partial charge in [0.1, 0.15) is 0 Å². The monoisotopic (exact) mass is 228 g/mol. The zero-order chi connectivity index (χ0) is 12.0. The molecule has 0 heterocycles. The first kappa shape index (κ1) is 13.5. The lowest BCUT2D eigenvalue weighted by molar-refractivity contribution is -0.126. The zero-order valence-electron chi connectivity index (χ0n) is 10.1. The number of aliphatic hydroxyl groups is 1. The zero-order valence-corrected chi connectivity index (χ0v) is 10.1. The van der Waals surface area contributed by atoms with Crippen LogP contribution in [-0.2, 0) is 4.79 Å². The third kappa shape index (κ3) is 4.49. The van der Waals surface area contributed by atoms with Crippen LogP contribution in [0.3, 0.4) is 0 Å². The van der Waals surface area contributed by atoms with Crippen molar-refractivity contribution in [2.24, 2.45) is 11.7 Å². The number of nitrogens with one attached hydrogen (secondary N) is 1. The van der Waals surface area contributed by atoms with Crippen LogP contribution in [-0.4, -0.2) is 29.7 Å². The Hall–Kier alpha value is -0.610. The topological polar surface area (TPSA) is 75.3 Å². The van der Waals surface area contributed by atoms with E-state index < -0.39 is 0 Å². The number of hydrogen-bond donors (Lipinski definition) is 3. The van der Waals surface area contributed by atoms with Crippen LogP contribution in [0.4, 0.5) is 0 Å². The molecule has 94 valence electrons. The summed E-state index contributed by atoms with van der Waals surface area (Å²) >= 11 is 0. The highest BCUT2D eigenvalue weighted by Gasteiger charge is 2.25. The fourth-order valence-corrected chi connectivity index (χ4v) is 2.30. The Kier molecular flexibility index (Phi) is 5.77. The highest BCUT2D eigenvalue weighted by atomic mass is 16.2. The molecule has 4 N–H and O–H groups in total. The summed E-state index contributed by atoms with van der Waals surface area (Å²) in [5, 5.41) is 11.7. The van der Waals surface area contributed by atoms with E-state index in [1.165, 1.54) is 0 Å². The molecule has 0 aliphatic heterocycles. The van der Waals surface area contributed by atoms with E-state index in [2.05, 4.69) is 5.32 Å². The number of amides is 1. The maximum Gasteiger partial charge on any atom is 0.223 e. The number of rotatable bonds is 5. The molecule has 3 atom stereocenters.